The molecular weight excluding hydrogens is 426 g/mol. The van der Waals surface area contributed by atoms with E-state index in [4.69, 9.17) is 4.74 Å². The van der Waals surface area contributed by atoms with Crippen LogP contribution in [0.1, 0.15) is 25.7 Å². The number of halogens is 6. The van der Waals surface area contributed by atoms with Gasteiger partial charge in [0.25, 0.3) is 0 Å². The molecule has 28 heavy (non-hydrogen) atoms. The van der Waals surface area contributed by atoms with Crippen LogP contribution >= 0.6 is 0 Å². The van der Waals surface area contributed by atoms with Crippen molar-refractivity contribution >= 4 is 22.1 Å². The SMILES string of the molecule is C=CC(=O)OC1CCC(C(=O)OC(CS(=O)(=O)[O-])(C(F)(F)F)C(F)(F)F)CC1. The molecule has 1 aliphatic carbocycles. The van der Waals surface area contributed by atoms with E-state index in [0.29, 0.717) is 0 Å². The Hall–Kier alpha value is -1.83. The van der Waals surface area contributed by atoms with Crippen LogP contribution in [-0.4, -0.2) is 54.7 Å². The van der Waals surface area contributed by atoms with E-state index in [0.717, 1.165) is 6.08 Å². The Morgan fingerprint density at radius 2 is 1.50 bits per heavy atom. The maximum Gasteiger partial charge on any atom is 0.438 e. The second kappa shape index (κ2) is 8.27. The van der Waals surface area contributed by atoms with Gasteiger partial charge in [0.15, 0.2) is 0 Å². The van der Waals surface area contributed by atoms with E-state index in [1.54, 1.807) is 0 Å². The van der Waals surface area contributed by atoms with Gasteiger partial charge in [-0.1, -0.05) is 6.58 Å². The molecule has 0 aromatic rings. The zero-order chi connectivity index (χ0) is 22.0. The number of carbonyl (C=O) groups is 2. The van der Waals surface area contributed by atoms with Crippen molar-refractivity contribution in [2.75, 3.05) is 5.75 Å². The minimum atomic E-state index is -6.41. The van der Waals surface area contributed by atoms with Gasteiger partial charge in [0.2, 0.25) is 0 Å². The quantitative estimate of drug-likeness (QED) is 0.269. The summed E-state index contributed by atoms with van der Waals surface area (Å²) in [5.74, 6) is -7.21. The van der Waals surface area contributed by atoms with Crippen molar-refractivity contribution in [3.8, 4) is 0 Å². The van der Waals surface area contributed by atoms with E-state index in [9.17, 15) is 48.9 Å². The van der Waals surface area contributed by atoms with Crippen molar-refractivity contribution < 1.29 is 58.4 Å². The number of esters is 2. The first-order valence-electron chi connectivity index (χ1n) is 7.65. The van der Waals surface area contributed by atoms with Crippen LogP contribution in [0.3, 0.4) is 0 Å². The first-order valence-corrected chi connectivity index (χ1v) is 9.23. The normalized spacial score (nSPS) is 21.7. The van der Waals surface area contributed by atoms with Crippen LogP contribution in [0.4, 0.5) is 26.3 Å². The summed E-state index contributed by atoms with van der Waals surface area (Å²) in [5, 5.41) is 0. The van der Waals surface area contributed by atoms with Gasteiger partial charge in [-0.25, -0.2) is 13.2 Å². The fourth-order valence-electron chi connectivity index (χ4n) is 2.60. The highest BCUT2D eigenvalue weighted by atomic mass is 32.2. The molecule has 1 saturated carbocycles. The van der Waals surface area contributed by atoms with Crippen molar-refractivity contribution in [3.05, 3.63) is 12.7 Å². The summed E-state index contributed by atoms with van der Waals surface area (Å²) in [6.45, 7) is 3.15. The maximum atomic E-state index is 13.1. The number of alkyl halides is 6. The third-order valence-electron chi connectivity index (χ3n) is 4.03. The molecule has 0 amide bonds. The average Bonchev–Trinajstić information content (AvgIpc) is 2.51. The molecule has 0 atom stereocenters. The molecule has 1 aliphatic rings. The number of hydrogen-bond acceptors (Lipinski definition) is 7. The summed E-state index contributed by atoms with van der Waals surface area (Å²) < 4.78 is 119. The topological polar surface area (TPSA) is 110 Å². The molecule has 1 fully saturated rings. The maximum absolute atomic E-state index is 13.1. The van der Waals surface area contributed by atoms with E-state index >= 15 is 0 Å². The minimum absolute atomic E-state index is 0.0514. The van der Waals surface area contributed by atoms with Gasteiger partial charge >= 0.3 is 29.9 Å². The molecule has 14 heteroatoms. The standard InChI is InChI=1S/C14H16F6O7S/c1-2-10(21)26-9-5-3-8(4-6-9)11(22)27-12(13(15,16)17,14(18,19)20)7-28(23,24)25/h2,8-9H,1,3-7H2,(H,23,24,25)/p-1. The predicted molar refractivity (Wildman–Crippen MR) is 77.5 cm³/mol. The second-order valence-electron chi connectivity index (χ2n) is 6.06. The second-order valence-corrected chi connectivity index (χ2v) is 7.46. The third kappa shape index (κ3) is 5.83. The van der Waals surface area contributed by atoms with E-state index in [1.165, 1.54) is 0 Å². The summed E-state index contributed by atoms with van der Waals surface area (Å²) in [4.78, 5) is 23.0. The first-order chi connectivity index (χ1) is 12.5. The number of rotatable bonds is 6. The average molecular weight is 441 g/mol. The van der Waals surface area contributed by atoms with Crippen LogP contribution in [0.2, 0.25) is 0 Å². The van der Waals surface area contributed by atoms with Crippen molar-refractivity contribution in [2.24, 2.45) is 5.92 Å². The van der Waals surface area contributed by atoms with Gasteiger partial charge in [-0.2, -0.15) is 26.3 Å². The van der Waals surface area contributed by atoms with E-state index in [2.05, 4.69) is 11.3 Å². The van der Waals surface area contributed by atoms with Crippen molar-refractivity contribution in [2.45, 2.75) is 49.7 Å². The molecule has 0 aromatic heterocycles. The summed E-state index contributed by atoms with van der Waals surface area (Å²) >= 11 is 0. The lowest BCUT2D eigenvalue weighted by Gasteiger charge is -2.38. The molecule has 0 unspecified atom stereocenters. The molecule has 0 radical (unpaired) electrons. The monoisotopic (exact) mass is 441 g/mol. The van der Waals surface area contributed by atoms with Gasteiger partial charge in [0.05, 0.1) is 21.8 Å². The molecule has 0 saturated heterocycles. The van der Waals surface area contributed by atoms with Gasteiger partial charge < -0.3 is 14.0 Å². The minimum Gasteiger partial charge on any atom is -0.748 e. The summed E-state index contributed by atoms with van der Waals surface area (Å²) in [5.41, 5.74) is -5.48. The molecule has 0 heterocycles. The Balaban J connectivity index is 3.03. The number of hydrogen-bond donors (Lipinski definition) is 0. The van der Waals surface area contributed by atoms with E-state index < -0.39 is 57.8 Å². The Kier molecular flexibility index (Phi) is 7.15. The highest BCUT2D eigenvalue weighted by molar-refractivity contribution is 7.85. The van der Waals surface area contributed by atoms with Crippen molar-refractivity contribution in [1.29, 1.82) is 0 Å². The smallest absolute Gasteiger partial charge is 0.438 e. The first kappa shape index (κ1) is 24.2. The molecule has 7 nitrogen and oxygen atoms in total. The van der Waals surface area contributed by atoms with Crippen LogP contribution in [0, 0.1) is 5.92 Å². The summed E-state index contributed by atoms with van der Waals surface area (Å²) in [6, 6.07) is 0. The van der Waals surface area contributed by atoms with Crippen LogP contribution in [0.5, 0.6) is 0 Å². The predicted octanol–water partition coefficient (Wildman–Crippen LogP) is 2.23. The Bertz CT molecular complexity index is 691. The van der Waals surface area contributed by atoms with Crippen molar-refractivity contribution in [3.63, 3.8) is 0 Å². The van der Waals surface area contributed by atoms with E-state index in [-0.39, 0.29) is 25.7 Å². The van der Waals surface area contributed by atoms with Crippen LogP contribution in [0.25, 0.3) is 0 Å². The van der Waals surface area contributed by atoms with Crippen molar-refractivity contribution in [1.82, 2.24) is 0 Å². The lowest BCUT2D eigenvalue weighted by molar-refractivity contribution is -0.362. The van der Waals surface area contributed by atoms with Gasteiger partial charge in [0.1, 0.15) is 6.10 Å². The molecule has 0 bridgehead atoms. The molecule has 162 valence electrons. The number of ether oxygens (including phenoxy) is 2. The Morgan fingerprint density at radius 3 is 1.86 bits per heavy atom. The highest BCUT2D eigenvalue weighted by Gasteiger charge is 2.75. The van der Waals surface area contributed by atoms with Gasteiger partial charge in [-0.05, 0) is 25.7 Å². The summed E-state index contributed by atoms with van der Waals surface area (Å²) in [6.07, 6.45) is -13.3. The molecule has 0 spiro atoms. The molecule has 0 aliphatic heterocycles. The zero-order valence-corrected chi connectivity index (χ0v) is 14.8. The summed E-state index contributed by atoms with van der Waals surface area (Å²) in [7, 11) is -6.08. The zero-order valence-electron chi connectivity index (χ0n) is 14.0. The van der Waals surface area contributed by atoms with Crippen LogP contribution in [-0.2, 0) is 29.2 Å². The third-order valence-corrected chi connectivity index (χ3v) is 4.79. The van der Waals surface area contributed by atoms with Gasteiger partial charge in [-0.3, -0.25) is 4.79 Å². The number of carbonyl (C=O) groups excluding carboxylic acids is 2. The molecule has 0 aromatic carbocycles. The molecular formula is C14H15F6O7S-. The lowest BCUT2D eigenvalue weighted by Crippen LogP contribution is -2.64. The van der Waals surface area contributed by atoms with E-state index in [1.807, 2.05) is 0 Å². The van der Waals surface area contributed by atoms with Gasteiger partial charge in [0, 0.05) is 6.08 Å². The fraction of sp³-hybridized carbons (Fsp3) is 0.714. The lowest BCUT2D eigenvalue weighted by atomic mass is 9.87. The van der Waals surface area contributed by atoms with Gasteiger partial charge in [-0.15, -0.1) is 0 Å². The fourth-order valence-corrected chi connectivity index (χ4v) is 3.49. The Labute approximate surface area is 155 Å². The highest BCUT2D eigenvalue weighted by Crippen LogP contribution is 2.47. The molecule has 1 rings (SSSR count). The largest absolute Gasteiger partial charge is 0.748 e. The Morgan fingerprint density at radius 1 is 1.04 bits per heavy atom. The van der Waals surface area contributed by atoms with Crippen LogP contribution in [0.15, 0.2) is 12.7 Å². The van der Waals surface area contributed by atoms with Crippen LogP contribution < -0.4 is 0 Å². The molecule has 0 N–H and O–H groups in total.